The first-order valence-corrected chi connectivity index (χ1v) is 9.77. The maximum Gasteiger partial charge on any atom is 0.0275 e. The van der Waals surface area contributed by atoms with E-state index in [1.54, 1.807) is 0 Å². The topological polar surface area (TPSA) is 0 Å². The predicted molar refractivity (Wildman–Crippen MR) is 108 cm³/mol. The normalized spacial score (nSPS) is 10.6. The first-order chi connectivity index (χ1) is 8.06. The van der Waals surface area contributed by atoms with Gasteiger partial charge in [0.1, 0.15) is 0 Å². The first kappa shape index (κ1) is 15.1. The van der Waals surface area contributed by atoms with Crippen molar-refractivity contribution in [3.05, 3.63) is 50.7 Å². The third-order valence-corrected chi connectivity index (χ3v) is 8.73. The lowest BCUT2D eigenvalue weighted by Crippen LogP contribution is -1.83. The third-order valence-electron chi connectivity index (χ3n) is 2.02. The molecule has 5 heteroatoms. The van der Waals surface area contributed by atoms with E-state index in [0.717, 1.165) is 0 Å². The highest BCUT2D eigenvalue weighted by Gasteiger charge is 2.03. The van der Waals surface area contributed by atoms with Crippen LogP contribution in [0.3, 0.4) is 0 Å². The van der Waals surface area contributed by atoms with Crippen molar-refractivity contribution >= 4 is 102 Å². The summed E-state index contributed by atoms with van der Waals surface area (Å²) in [5.41, 5.74) is 0. The van der Waals surface area contributed by atoms with Crippen LogP contribution in [-0.4, -0.2) is 0 Å². The van der Waals surface area contributed by atoms with Gasteiger partial charge in [0.15, 0.2) is 0 Å². The van der Waals surface area contributed by atoms with Crippen LogP contribution < -0.4 is 0 Å². The van der Waals surface area contributed by atoms with Gasteiger partial charge < -0.3 is 0 Å². The van der Waals surface area contributed by atoms with Crippen molar-refractivity contribution in [2.24, 2.45) is 0 Å². The summed E-state index contributed by atoms with van der Waals surface area (Å²) in [6.07, 6.45) is 0. The number of hydrogen-bond donors (Lipinski definition) is 0. The lowest BCUT2D eigenvalue weighted by molar-refractivity contribution is 1.36. The van der Waals surface area contributed by atoms with E-state index >= 15 is 0 Å². The predicted octanol–water partition coefficient (Wildman–Crippen LogP) is 6.26. The highest BCUT2D eigenvalue weighted by Crippen LogP contribution is 2.31. The second kappa shape index (κ2) is 6.93. The quantitative estimate of drug-likeness (QED) is 0.336. The van der Waals surface area contributed by atoms with Crippen LogP contribution in [0, 0.1) is 14.3 Å². The van der Waals surface area contributed by atoms with Crippen LogP contribution in [0.15, 0.2) is 46.2 Å². The summed E-state index contributed by atoms with van der Waals surface area (Å²) in [6, 6.07) is 13.2. The molecule has 0 fully saturated rings. The molecule has 0 aliphatic carbocycles. The van der Waals surface area contributed by atoms with E-state index in [-0.39, 0.29) is 0 Å². The molecular weight excluding hydrogens is 684 g/mol. The summed E-state index contributed by atoms with van der Waals surface area (Å²) >= 11 is 11.3. The molecule has 0 saturated heterocycles. The Labute approximate surface area is 160 Å². The van der Waals surface area contributed by atoms with E-state index in [1.807, 2.05) is 11.8 Å². The van der Waals surface area contributed by atoms with Gasteiger partial charge in [0.25, 0.3) is 0 Å². The van der Waals surface area contributed by atoms with Gasteiger partial charge in [0.2, 0.25) is 0 Å². The molecule has 17 heavy (non-hydrogen) atoms. The Balaban J connectivity index is 2.25. The molecule has 0 aromatic heterocycles. The summed E-state index contributed by atoms with van der Waals surface area (Å²) in [4.78, 5) is 2.60. The van der Waals surface area contributed by atoms with Crippen molar-refractivity contribution in [2.75, 3.05) is 0 Å². The molecule has 0 nitrogen and oxygen atoms in total. The van der Waals surface area contributed by atoms with Gasteiger partial charge in [-0.2, -0.15) is 0 Å². The minimum atomic E-state index is 1.30. The molecule has 0 radical (unpaired) electrons. The Bertz CT molecular complexity index is 505. The maximum absolute atomic E-state index is 2.38. The van der Waals surface area contributed by atoms with E-state index in [1.165, 1.54) is 24.1 Å². The minimum absolute atomic E-state index is 1.30. The van der Waals surface area contributed by atoms with Crippen molar-refractivity contribution in [1.29, 1.82) is 0 Å². The Morgan fingerprint density at radius 1 is 0.588 bits per heavy atom. The van der Waals surface area contributed by atoms with Gasteiger partial charge in [-0.1, -0.05) is 11.8 Å². The van der Waals surface area contributed by atoms with Gasteiger partial charge in [0, 0.05) is 24.1 Å². The minimum Gasteiger partial charge on any atom is -0.0900 e. The van der Waals surface area contributed by atoms with Gasteiger partial charge in [-0.25, -0.2) is 0 Å². The fourth-order valence-corrected chi connectivity index (χ4v) is 4.24. The van der Waals surface area contributed by atoms with Gasteiger partial charge in [0.05, 0.1) is 0 Å². The van der Waals surface area contributed by atoms with Gasteiger partial charge in [-0.15, -0.1) is 0 Å². The second-order valence-electron chi connectivity index (χ2n) is 3.25. The average Bonchev–Trinajstić information content (AvgIpc) is 2.29. The van der Waals surface area contributed by atoms with Crippen molar-refractivity contribution in [1.82, 2.24) is 0 Å². The van der Waals surface area contributed by atoms with E-state index in [0.29, 0.717) is 0 Å². The first-order valence-electron chi connectivity index (χ1n) is 4.64. The Kier molecular flexibility index (Phi) is 6.16. The number of halogens is 4. The number of rotatable bonds is 2. The van der Waals surface area contributed by atoms with E-state index in [2.05, 4.69) is 127 Å². The summed E-state index contributed by atoms with van der Waals surface area (Å²) < 4.78 is 5.25. The second-order valence-corrected chi connectivity index (χ2v) is 9.05. The lowest BCUT2D eigenvalue weighted by Gasteiger charge is -2.05. The summed E-state index contributed by atoms with van der Waals surface area (Å²) in [6.45, 7) is 0. The SMILES string of the molecule is Ic1ccc(Sc2ccc(I)c(I)c2)cc1I. The van der Waals surface area contributed by atoms with Crippen LogP contribution >= 0.6 is 102 Å². The van der Waals surface area contributed by atoms with Crippen molar-refractivity contribution in [3.8, 4) is 0 Å². The molecular formula is C12H6I4S. The molecule has 0 aliphatic heterocycles. The van der Waals surface area contributed by atoms with E-state index < -0.39 is 0 Å². The standard InChI is InChI=1S/C12H6I4S/c13-9-3-1-7(5-11(9)15)17-8-2-4-10(14)12(16)6-8/h1-6H. The van der Waals surface area contributed by atoms with Crippen molar-refractivity contribution in [3.63, 3.8) is 0 Å². The molecule has 88 valence electrons. The molecule has 0 aliphatic rings. The van der Waals surface area contributed by atoms with Crippen LogP contribution in [0.1, 0.15) is 0 Å². The van der Waals surface area contributed by atoms with Crippen LogP contribution in [-0.2, 0) is 0 Å². The Morgan fingerprint density at radius 2 is 1.00 bits per heavy atom. The monoisotopic (exact) mass is 690 g/mol. The van der Waals surface area contributed by atoms with Gasteiger partial charge in [-0.05, 0) is 127 Å². The van der Waals surface area contributed by atoms with Crippen LogP contribution in [0.25, 0.3) is 0 Å². The highest BCUT2D eigenvalue weighted by molar-refractivity contribution is 14.1. The summed E-state index contributed by atoms with van der Waals surface area (Å²) in [7, 11) is 0. The fourth-order valence-electron chi connectivity index (χ4n) is 1.22. The zero-order valence-corrected chi connectivity index (χ0v) is 17.8. The van der Waals surface area contributed by atoms with E-state index in [9.17, 15) is 0 Å². The van der Waals surface area contributed by atoms with Crippen LogP contribution in [0.4, 0.5) is 0 Å². The van der Waals surface area contributed by atoms with Gasteiger partial charge >= 0.3 is 0 Å². The largest absolute Gasteiger partial charge is 0.0900 e. The molecule has 2 aromatic carbocycles. The smallest absolute Gasteiger partial charge is 0.0275 e. The molecule has 2 aromatic rings. The molecule has 0 atom stereocenters. The molecule has 0 N–H and O–H groups in total. The van der Waals surface area contributed by atoms with E-state index in [4.69, 9.17) is 0 Å². The zero-order chi connectivity index (χ0) is 12.4. The Morgan fingerprint density at radius 3 is 1.35 bits per heavy atom. The van der Waals surface area contributed by atoms with Crippen LogP contribution in [0.2, 0.25) is 0 Å². The molecule has 0 saturated carbocycles. The molecule has 0 unspecified atom stereocenters. The zero-order valence-electron chi connectivity index (χ0n) is 8.38. The van der Waals surface area contributed by atoms with Crippen molar-refractivity contribution < 1.29 is 0 Å². The number of hydrogen-bond acceptors (Lipinski definition) is 1. The lowest BCUT2D eigenvalue weighted by atomic mass is 10.4. The highest BCUT2D eigenvalue weighted by atomic mass is 127. The molecule has 0 bridgehead atoms. The van der Waals surface area contributed by atoms with Crippen molar-refractivity contribution in [2.45, 2.75) is 9.79 Å². The van der Waals surface area contributed by atoms with Gasteiger partial charge in [-0.3, -0.25) is 0 Å². The molecule has 0 amide bonds. The molecule has 0 heterocycles. The van der Waals surface area contributed by atoms with Crippen LogP contribution in [0.5, 0.6) is 0 Å². The average molecular weight is 690 g/mol. The third kappa shape index (κ3) is 4.35. The molecule has 2 rings (SSSR count). The maximum atomic E-state index is 2.38. The Hall–Kier alpha value is 1.71. The summed E-state index contributed by atoms with van der Waals surface area (Å²) in [5.74, 6) is 0. The fraction of sp³-hybridized carbons (Fsp3) is 0. The summed E-state index contributed by atoms with van der Waals surface area (Å²) in [5, 5.41) is 0. The number of benzene rings is 2. The molecule has 0 spiro atoms.